The molecule has 0 unspecified atom stereocenters. The lowest BCUT2D eigenvalue weighted by Crippen LogP contribution is -2.55. The number of carbonyl (C=O) groups is 2. The van der Waals surface area contributed by atoms with Crippen LogP contribution >= 0.6 is 11.6 Å². The number of rotatable bonds is 11. The minimum atomic E-state index is -0.223. The van der Waals surface area contributed by atoms with E-state index in [1.807, 2.05) is 50.2 Å². The Morgan fingerprint density at radius 1 is 0.649 bits per heavy atom. The number of benzene rings is 2. The Balaban J connectivity index is 0.000000183. The van der Waals surface area contributed by atoms with Crippen molar-refractivity contribution in [3.05, 3.63) is 89.2 Å². The van der Waals surface area contributed by atoms with Gasteiger partial charge < -0.3 is 60.7 Å². The Bertz CT molecular complexity index is 2770. The van der Waals surface area contributed by atoms with Gasteiger partial charge in [0.25, 0.3) is 11.8 Å². The van der Waals surface area contributed by atoms with Gasteiger partial charge in [-0.05, 0) is 86.8 Å². The van der Waals surface area contributed by atoms with Gasteiger partial charge in [0.05, 0.1) is 53.1 Å². The van der Waals surface area contributed by atoms with Crippen molar-refractivity contribution in [2.24, 2.45) is 0 Å². The number of pyridine rings is 2. The number of nitrogens with one attached hydrogen (secondary N) is 3. The molecule has 6 aromatic rings. The zero-order valence-electron chi connectivity index (χ0n) is 45.5. The number of nitrogens with two attached hydrogens (primary N) is 2. The topological polar surface area (TPSA) is 258 Å². The molecule has 4 saturated heterocycles. The second-order valence-electron chi connectivity index (χ2n) is 18.5. The van der Waals surface area contributed by atoms with Crippen LogP contribution in [0.2, 0.25) is 5.28 Å². The summed E-state index contributed by atoms with van der Waals surface area (Å²) in [6.45, 7) is 19.8. The molecule has 2 amide bonds. The third-order valence-corrected chi connectivity index (χ3v) is 13.2. The van der Waals surface area contributed by atoms with E-state index in [2.05, 4.69) is 54.6 Å². The van der Waals surface area contributed by atoms with Crippen LogP contribution < -0.4 is 32.3 Å². The Kier molecular flexibility index (Phi) is 23.9. The van der Waals surface area contributed by atoms with Crippen molar-refractivity contribution in [3.63, 3.8) is 0 Å². The Hall–Kier alpha value is -6.23. The van der Waals surface area contributed by atoms with Crippen LogP contribution in [0.1, 0.15) is 86.9 Å². The smallest absolute Gasteiger partial charge is 0.251 e. The molecule has 2 spiro atoms. The van der Waals surface area contributed by atoms with Gasteiger partial charge in [-0.25, -0.2) is 15.0 Å². The maximum Gasteiger partial charge on any atom is 0.251 e. The van der Waals surface area contributed by atoms with Crippen molar-refractivity contribution < 1.29 is 38.0 Å². The molecule has 0 aliphatic carbocycles. The quantitative estimate of drug-likeness (QED) is 0.0628. The van der Waals surface area contributed by atoms with Gasteiger partial charge in [-0.3, -0.25) is 9.59 Å². The summed E-state index contributed by atoms with van der Waals surface area (Å²) in [5, 5.41) is 9.99. The summed E-state index contributed by atoms with van der Waals surface area (Å²) in [5.74, 6) is 0.949. The molecule has 0 atom stereocenters. The fourth-order valence-corrected chi connectivity index (χ4v) is 9.00. The molecule has 0 radical (unpaired) electrons. The maximum atomic E-state index is 12.0. The minimum Gasteiger partial charge on any atom is -0.383 e. The fourth-order valence-electron chi connectivity index (χ4n) is 8.83. The van der Waals surface area contributed by atoms with Crippen LogP contribution in [0.25, 0.3) is 44.6 Å². The molecule has 77 heavy (non-hydrogen) atoms. The first-order valence-electron chi connectivity index (χ1n) is 26.6. The van der Waals surface area contributed by atoms with Crippen LogP contribution in [0.15, 0.2) is 72.8 Å². The summed E-state index contributed by atoms with van der Waals surface area (Å²) in [6.07, 6.45) is 6.09. The van der Waals surface area contributed by atoms with E-state index in [1.54, 1.807) is 50.5 Å². The summed E-state index contributed by atoms with van der Waals surface area (Å²) >= 11 is 5.81. The highest BCUT2D eigenvalue weighted by molar-refractivity contribution is 6.28. The number of hydrogen-bond donors (Lipinski definition) is 5. The lowest BCUT2D eigenvalue weighted by molar-refractivity contribution is -0.123. The van der Waals surface area contributed by atoms with Gasteiger partial charge in [-0.1, -0.05) is 38.1 Å². The number of hydrogen-bond acceptors (Lipinski definition) is 18. The number of halogens is 1. The number of ether oxygens (including phenoxy) is 6. The molecule has 416 valence electrons. The normalized spacial score (nSPS) is 16.3. The van der Waals surface area contributed by atoms with Crippen molar-refractivity contribution in [1.29, 1.82) is 0 Å². The Morgan fingerprint density at radius 3 is 1.64 bits per heavy atom. The average Bonchev–Trinajstić information content (AvgIpc) is 3.47. The van der Waals surface area contributed by atoms with E-state index < -0.39 is 0 Å². The predicted octanol–water partition coefficient (Wildman–Crippen LogP) is 7.33. The van der Waals surface area contributed by atoms with Crippen molar-refractivity contribution >= 4 is 63.1 Å². The highest BCUT2D eigenvalue weighted by Gasteiger charge is 2.39. The highest BCUT2D eigenvalue weighted by atomic mass is 35.5. The van der Waals surface area contributed by atoms with E-state index in [9.17, 15) is 9.59 Å². The molecule has 4 aromatic heterocycles. The van der Waals surface area contributed by atoms with E-state index >= 15 is 0 Å². The van der Waals surface area contributed by atoms with Crippen LogP contribution in [0, 0.1) is 0 Å². The lowest BCUT2D eigenvalue weighted by Gasteiger charge is -2.44. The standard InChI is InChI=1S/C23H26N6O3.C15H12ClN5O.C8H15NO2.2C5H12O/c1-25-21(30)16-4-2-3-15(13-16)18-6-5-17-19(24)27-22(28-20(17)26-18)29-9-12-32-23(14-29)7-10-31-11-8-23;1-18-14(22)9-4-2-3-8(7-9)11-6-5-10-12(17)20-15(16)21-13(10)19-11;1-4-10-5-2-8(1)7-9-3-6-11-8;2*1-3-5-6-4-2/h2-6,13H,7-12,14H2,1H3,(H,25,30)(H2,24,26,27,28);2-7H,1H3,(H,18,22)(H2,17,19,20,21);9H,1-7H2;2*3-5H2,1-2H3. The van der Waals surface area contributed by atoms with Gasteiger partial charge >= 0.3 is 0 Å². The van der Waals surface area contributed by atoms with Crippen molar-refractivity contribution in [2.45, 2.75) is 77.4 Å². The van der Waals surface area contributed by atoms with Gasteiger partial charge in [0.2, 0.25) is 11.2 Å². The summed E-state index contributed by atoms with van der Waals surface area (Å²) < 4.78 is 32.7. The number of anilines is 3. The third-order valence-electron chi connectivity index (χ3n) is 13.0. The zero-order valence-corrected chi connectivity index (χ0v) is 46.3. The molecule has 7 N–H and O–H groups in total. The first kappa shape index (κ1) is 60.0. The van der Waals surface area contributed by atoms with Crippen LogP contribution in [0.4, 0.5) is 17.6 Å². The highest BCUT2D eigenvalue weighted by Crippen LogP contribution is 2.33. The number of amides is 2. The molecule has 4 fully saturated rings. The maximum absolute atomic E-state index is 12.0. The summed E-state index contributed by atoms with van der Waals surface area (Å²) in [7, 11) is 3.20. The second-order valence-corrected chi connectivity index (χ2v) is 18.9. The zero-order chi connectivity index (χ0) is 55.0. The summed E-state index contributed by atoms with van der Waals surface area (Å²) in [6, 6.07) is 21.9. The third kappa shape index (κ3) is 17.4. The van der Waals surface area contributed by atoms with Gasteiger partial charge in [-0.15, -0.1) is 0 Å². The van der Waals surface area contributed by atoms with E-state index in [0.717, 1.165) is 115 Å². The predicted molar refractivity (Wildman–Crippen MR) is 302 cm³/mol. The molecular weight excluding hydrogens is 1000 g/mol. The number of aromatic nitrogens is 6. The van der Waals surface area contributed by atoms with Gasteiger partial charge in [0.1, 0.15) is 11.6 Å². The first-order valence-corrected chi connectivity index (χ1v) is 27.0. The second kappa shape index (κ2) is 30.6. The monoisotopic (exact) mass is 1080 g/mol. The molecule has 0 bridgehead atoms. The molecular formula is C56H77ClN12O8. The number of morpholine rings is 2. The first-order chi connectivity index (χ1) is 37.4. The van der Waals surface area contributed by atoms with Crippen molar-refractivity contribution in [2.75, 3.05) is 123 Å². The van der Waals surface area contributed by atoms with Crippen LogP contribution in [0.5, 0.6) is 0 Å². The van der Waals surface area contributed by atoms with Crippen LogP contribution in [0.3, 0.4) is 0 Å². The van der Waals surface area contributed by atoms with Crippen molar-refractivity contribution in [1.82, 2.24) is 45.9 Å². The molecule has 21 heteroatoms. The van der Waals surface area contributed by atoms with Crippen molar-refractivity contribution in [3.8, 4) is 22.5 Å². The lowest BCUT2D eigenvalue weighted by atomic mass is 9.92. The number of carbonyl (C=O) groups excluding carboxylic acids is 2. The summed E-state index contributed by atoms with van der Waals surface area (Å²) in [4.78, 5) is 52.3. The fraction of sp³-hybridized carbons (Fsp3) is 0.500. The van der Waals surface area contributed by atoms with Gasteiger partial charge in [-0.2, -0.15) is 15.0 Å². The molecule has 4 aliphatic heterocycles. The molecule has 4 aliphatic rings. The molecule has 20 nitrogen and oxygen atoms in total. The Labute approximate surface area is 457 Å². The molecule has 10 rings (SSSR count). The van der Waals surface area contributed by atoms with E-state index in [1.165, 1.54) is 0 Å². The average molecular weight is 1080 g/mol. The molecule has 8 heterocycles. The molecule has 2 aromatic carbocycles. The van der Waals surface area contributed by atoms with Gasteiger partial charge in [0.15, 0.2) is 11.3 Å². The minimum absolute atomic E-state index is 0.0498. The largest absolute Gasteiger partial charge is 0.383 e. The van der Waals surface area contributed by atoms with Crippen LogP contribution in [-0.2, 0) is 28.4 Å². The van der Waals surface area contributed by atoms with Crippen LogP contribution in [-0.4, -0.2) is 159 Å². The van der Waals surface area contributed by atoms with E-state index in [4.69, 9.17) is 61.5 Å². The van der Waals surface area contributed by atoms with E-state index in [-0.39, 0.29) is 34.1 Å². The van der Waals surface area contributed by atoms with Gasteiger partial charge in [0, 0.05) is 135 Å². The van der Waals surface area contributed by atoms with E-state index in [0.29, 0.717) is 83.6 Å². The Morgan fingerprint density at radius 2 is 1.16 bits per heavy atom. The SMILES string of the molecule is C1COC2(CCOCC2)CN1.CCCOCC.CCCOCC.CNC(=O)c1cccc(-c2ccc3c(N)nc(Cl)nc3n2)c1.CNC(=O)c1cccc(-c2ccc3c(N)nc(N4CCOC5(CCOCC5)C4)nc3n2)c1. The number of fused-ring (bicyclic) bond motifs is 2. The number of nitrogens with zero attached hydrogens (tertiary/aromatic N) is 7. The molecule has 0 saturated carbocycles. The number of nitrogen functional groups attached to an aromatic ring is 2. The summed E-state index contributed by atoms with van der Waals surface area (Å²) in [5.41, 5.74) is 17.1.